The molecule has 0 aliphatic carbocycles. The molecule has 0 aliphatic heterocycles. The molecule has 3 rings (SSSR count). The van der Waals surface area contributed by atoms with Gasteiger partial charge in [-0.1, -0.05) is 0 Å². The Kier molecular flexibility index (Phi) is 5.06. The van der Waals surface area contributed by atoms with Crippen LogP contribution in [-0.2, 0) is 0 Å². The normalized spacial score (nSPS) is 11.6. The van der Waals surface area contributed by atoms with E-state index in [9.17, 15) is 0 Å². The van der Waals surface area contributed by atoms with Gasteiger partial charge in [0.15, 0.2) is 0 Å². The fourth-order valence-corrected chi connectivity index (χ4v) is 6.71. The summed E-state index contributed by atoms with van der Waals surface area (Å²) in [6, 6.07) is 9.45. The van der Waals surface area contributed by atoms with E-state index in [4.69, 9.17) is 0 Å². The monoisotopic (exact) mass is 368 g/mol. The van der Waals surface area contributed by atoms with Crippen LogP contribution in [0.5, 0.6) is 0 Å². The van der Waals surface area contributed by atoms with Gasteiger partial charge in [0.1, 0.15) is 0 Å². The average Bonchev–Trinajstić information content (AvgIpc) is 2.88. The van der Waals surface area contributed by atoms with Gasteiger partial charge in [-0.25, -0.2) is 0 Å². The zero-order chi connectivity index (χ0) is 15.0. The van der Waals surface area contributed by atoms with Gasteiger partial charge in [-0.2, -0.15) is 0 Å². The Hall–Kier alpha value is 0.0600. The van der Waals surface area contributed by atoms with Gasteiger partial charge in [-0.15, -0.1) is 58.4 Å². The first-order chi connectivity index (χ1) is 10.2. The molecule has 0 fully saturated rings. The zero-order valence-electron chi connectivity index (χ0n) is 12.4. The molecule has 110 valence electrons. The smallest absolute Gasteiger partial charge is 0.0367 e. The molecule has 0 radical (unpaired) electrons. The highest BCUT2D eigenvalue weighted by atomic mass is 32.2. The minimum absolute atomic E-state index is 1.38. The van der Waals surface area contributed by atoms with Crippen LogP contribution < -0.4 is 0 Å². The van der Waals surface area contributed by atoms with Crippen molar-refractivity contribution in [2.24, 2.45) is 0 Å². The fraction of sp³-hybridized carbons (Fsp3) is 0.250. The first-order valence-corrected chi connectivity index (χ1v) is 12.1. The largest absolute Gasteiger partial charge is 0.135 e. The predicted octanol–water partition coefficient (Wildman–Crippen LogP) is 6.94. The van der Waals surface area contributed by atoms with Crippen LogP contribution in [-0.4, -0.2) is 25.0 Å². The summed E-state index contributed by atoms with van der Waals surface area (Å²) in [5.41, 5.74) is 0. The van der Waals surface area contributed by atoms with E-state index >= 15 is 0 Å². The summed E-state index contributed by atoms with van der Waals surface area (Å²) >= 11 is 9.27. The van der Waals surface area contributed by atoms with Gasteiger partial charge in [-0.3, -0.25) is 0 Å². The van der Waals surface area contributed by atoms with Crippen molar-refractivity contribution in [3.05, 3.63) is 24.3 Å². The zero-order valence-corrected chi connectivity index (χ0v) is 16.4. The van der Waals surface area contributed by atoms with Gasteiger partial charge in [0.2, 0.25) is 0 Å². The molecule has 0 N–H and O–H groups in total. The highest BCUT2D eigenvalue weighted by Crippen LogP contribution is 2.43. The van der Waals surface area contributed by atoms with Gasteiger partial charge < -0.3 is 0 Å². The summed E-state index contributed by atoms with van der Waals surface area (Å²) in [4.78, 5) is 5.54. The fourth-order valence-electron chi connectivity index (χ4n) is 2.43. The van der Waals surface area contributed by atoms with E-state index in [1.165, 1.54) is 39.8 Å². The molecule has 3 aromatic rings. The van der Waals surface area contributed by atoms with Crippen LogP contribution in [0.3, 0.4) is 0 Å². The molecule has 0 saturated carbocycles. The summed E-state index contributed by atoms with van der Waals surface area (Å²) in [5, 5.41) is 2.81. The molecule has 1 aromatic heterocycles. The van der Waals surface area contributed by atoms with Crippen molar-refractivity contribution < 1.29 is 0 Å². The van der Waals surface area contributed by atoms with Gasteiger partial charge in [-0.05, 0) is 49.3 Å². The number of hydrogen-bond donors (Lipinski definition) is 0. The van der Waals surface area contributed by atoms with Crippen molar-refractivity contribution in [1.29, 1.82) is 0 Å². The van der Waals surface area contributed by atoms with Gasteiger partial charge >= 0.3 is 0 Å². The summed E-state index contributed by atoms with van der Waals surface area (Å²) in [6.07, 6.45) is 8.64. The Morgan fingerprint density at radius 1 is 0.571 bits per heavy atom. The van der Waals surface area contributed by atoms with Crippen molar-refractivity contribution in [2.75, 3.05) is 25.0 Å². The molecule has 0 nitrogen and oxygen atoms in total. The van der Waals surface area contributed by atoms with Gasteiger partial charge in [0, 0.05) is 39.8 Å². The second-order valence-corrected chi connectivity index (χ2v) is 8.98. The number of fused-ring (bicyclic) bond motifs is 3. The van der Waals surface area contributed by atoms with Crippen molar-refractivity contribution in [1.82, 2.24) is 0 Å². The lowest BCUT2D eigenvalue weighted by molar-refractivity contribution is 1.29. The quantitative estimate of drug-likeness (QED) is 0.457. The maximum Gasteiger partial charge on any atom is 0.0367 e. The van der Waals surface area contributed by atoms with E-state index in [-0.39, 0.29) is 0 Å². The number of benzene rings is 2. The van der Waals surface area contributed by atoms with Crippen molar-refractivity contribution in [3.8, 4) is 0 Å². The number of thioether (sulfide) groups is 4. The second kappa shape index (κ2) is 6.67. The number of hydrogen-bond acceptors (Lipinski definition) is 5. The molecular formula is C16H16S5. The summed E-state index contributed by atoms with van der Waals surface area (Å²) in [5.74, 6) is 0. The van der Waals surface area contributed by atoms with E-state index in [1.807, 2.05) is 58.4 Å². The first-order valence-electron chi connectivity index (χ1n) is 6.42. The van der Waals surface area contributed by atoms with Crippen molar-refractivity contribution in [2.45, 2.75) is 19.6 Å². The molecule has 0 amide bonds. The van der Waals surface area contributed by atoms with Gasteiger partial charge in [0.25, 0.3) is 0 Å². The summed E-state index contributed by atoms with van der Waals surface area (Å²) < 4.78 is 2.80. The summed E-state index contributed by atoms with van der Waals surface area (Å²) in [7, 11) is 0. The standard InChI is InChI=1S/C16H16S5/c1-17-13-5-9-10-6-14(18-2)16(20-4)8-12(10)21-11(9)7-15(13)19-3/h5-8H,1-4H3. The molecule has 0 saturated heterocycles. The van der Waals surface area contributed by atoms with Crippen molar-refractivity contribution in [3.63, 3.8) is 0 Å². The van der Waals surface area contributed by atoms with E-state index in [1.54, 1.807) is 0 Å². The molecule has 0 bridgehead atoms. The lowest BCUT2D eigenvalue weighted by atomic mass is 10.1. The average molecular weight is 369 g/mol. The van der Waals surface area contributed by atoms with Crippen LogP contribution in [0, 0.1) is 0 Å². The predicted molar refractivity (Wildman–Crippen MR) is 106 cm³/mol. The molecule has 1 heterocycles. The third-order valence-electron chi connectivity index (χ3n) is 3.48. The van der Waals surface area contributed by atoms with E-state index in [0.29, 0.717) is 0 Å². The minimum atomic E-state index is 1.38. The molecule has 0 aliphatic rings. The third-order valence-corrected chi connectivity index (χ3v) is 7.97. The Bertz CT molecular complexity index is 737. The second-order valence-electron chi connectivity index (χ2n) is 4.51. The van der Waals surface area contributed by atoms with E-state index in [2.05, 4.69) is 49.3 Å². The van der Waals surface area contributed by atoms with Crippen molar-refractivity contribution >= 4 is 78.6 Å². The molecule has 5 heteroatoms. The number of rotatable bonds is 4. The molecule has 0 unspecified atom stereocenters. The van der Waals surface area contributed by atoms with Gasteiger partial charge in [0.05, 0.1) is 0 Å². The Morgan fingerprint density at radius 2 is 0.905 bits per heavy atom. The van der Waals surface area contributed by atoms with Crippen LogP contribution >= 0.6 is 58.4 Å². The van der Waals surface area contributed by atoms with E-state index in [0.717, 1.165) is 0 Å². The molecular weight excluding hydrogens is 353 g/mol. The maximum atomic E-state index is 2.37. The maximum absolute atomic E-state index is 2.37. The molecule has 0 spiro atoms. The van der Waals surface area contributed by atoms with Crippen LogP contribution in [0.2, 0.25) is 0 Å². The molecule has 2 aromatic carbocycles. The third kappa shape index (κ3) is 2.83. The lowest BCUT2D eigenvalue weighted by Gasteiger charge is -2.06. The highest BCUT2D eigenvalue weighted by molar-refractivity contribution is 8.02. The molecule has 21 heavy (non-hydrogen) atoms. The van der Waals surface area contributed by atoms with Crippen LogP contribution in [0.4, 0.5) is 0 Å². The Morgan fingerprint density at radius 3 is 1.24 bits per heavy atom. The first kappa shape index (κ1) is 15.9. The Labute approximate surface area is 146 Å². The Balaban J connectivity index is 2.35. The summed E-state index contributed by atoms with van der Waals surface area (Å²) in [6.45, 7) is 0. The van der Waals surface area contributed by atoms with Crippen LogP contribution in [0.25, 0.3) is 20.2 Å². The molecule has 0 atom stereocenters. The highest BCUT2D eigenvalue weighted by Gasteiger charge is 2.12. The number of thiophene rings is 1. The van der Waals surface area contributed by atoms with Crippen LogP contribution in [0.15, 0.2) is 43.8 Å². The SMILES string of the molecule is CSc1cc2sc3cc(SC)c(SC)cc3c2cc1SC. The minimum Gasteiger partial charge on any atom is -0.135 e. The van der Waals surface area contributed by atoms with Crippen LogP contribution in [0.1, 0.15) is 0 Å². The lowest BCUT2D eigenvalue weighted by Crippen LogP contribution is -1.79. The topological polar surface area (TPSA) is 0 Å². The van der Waals surface area contributed by atoms with E-state index < -0.39 is 0 Å².